The molecule has 0 fully saturated rings. The summed E-state index contributed by atoms with van der Waals surface area (Å²) in [6.07, 6.45) is 0. The molecule has 0 spiro atoms. The van der Waals surface area contributed by atoms with Crippen LogP contribution in [0.5, 0.6) is 0 Å². The first-order chi connectivity index (χ1) is 10.1. The van der Waals surface area contributed by atoms with Crippen LogP contribution in [-0.2, 0) is 0 Å². The minimum Gasteiger partial charge on any atom is -0.385 e. The first-order valence-electron chi connectivity index (χ1n) is 6.49. The topological polar surface area (TPSA) is 64.9 Å². The molecule has 0 aliphatic carbocycles. The van der Waals surface area contributed by atoms with Crippen molar-refractivity contribution in [2.45, 2.75) is 6.92 Å². The fourth-order valence-corrected chi connectivity index (χ4v) is 1.84. The summed E-state index contributed by atoms with van der Waals surface area (Å²) in [7, 11) is 0. The van der Waals surface area contributed by atoms with Crippen molar-refractivity contribution in [1.82, 2.24) is 0 Å². The Labute approximate surface area is 122 Å². The number of nitrogens with zero attached hydrogens (tertiary/aromatic N) is 1. The predicted octanol–water partition coefficient (Wildman–Crippen LogP) is 3.38. The molecule has 0 saturated heterocycles. The lowest BCUT2D eigenvalue weighted by Crippen LogP contribution is -2.12. The highest BCUT2D eigenvalue weighted by Crippen LogP contribution is 2.16. The van der Waals surface area contributed by atoms with Crippen LogP contribution >= 0.6 is 0 Å². The number of nitriles is 1. The maximum Gasteiger partial charge on any atom is 0.255 e. The zero-order chi connectivity index (χ0) is 15.2. The Morgan fingerprint density at radius 1 is 1.19 bits per heavy atom. The molecule has 21 heavy (non-hydrogen) atoms. The number of anilines is 2. The normalized spacial score (nSPS) is 9.76. The first kappa shape index (κ1) is 14.5. The molecular formula is C16H14FN3O. The van der Waals surface area contributed by atoms with Gasteiger partial charge in [0.05, 0.1) is 5.56 Å². The Morgan fingerprint density at radius 3 is 2.48 bits per heavy atom. The van der Waals surface area contributed by atoms with Crippen LogP contribution in [0.25, 0.3) is 0 Å². The molecular weight excluding hydrogens is 269 g/mol. The number of hydrogen-bond donors (Lipinski definition) is 2. The Bertz CT molecular complexity index is 690. The van der Waals surface area contributed by atoms with E-state index in [1.807, 2.05) is 19.1 Å². The van der Waals surface area contributed by atoms with Gasteiger partial charge in [-0.25, -0.2) is 4.39 Å². The highest BCUT2D eigenvalue weighted by atomic mass is 19.1. The lowest BCUT2D eigenvalue weighted by molar-refractivity contribution is 0.102. The average molecular weight is 283 g/mol. The van der Waals surface area contributed by atoms with E-state index in [2.05, 4.69) is 10.6 Å². The number of benzene rings is 2. The molecule has 0 aliphatic heterocycles. The summed E-state index contributed by atoms with van der Waals surface area (Å²) in [5.74, 6) is -0.918. The van der Waals surface area contributed by atoms with Crippen molar-refractivity contribution in [3.05, 3.63) is 59.4 Å². The van der Waals surface area contributed by atoms with Crippen LogP contribution in [0.4, 0.5) is 15.8 Å². The molecule has 0 unspecified atom stereocenters. The van der Waals surface area contributed by atoms with Gasteiger partial charge in [0.25, 0.3) is 5.91 Å². The molecule has 2 N–H and O–H groups in total. The van der Waals surface area contributed by atoms with Gasteiger partial charge in [0, 0.05) is 23.5 Å². The second kappa shape index (κ2) is 6.53. The molecule has 0 heterocycles. The molecule has 0 saturated carbocycles. The van der Waals surface area contributed by atoms with Crippen molar-refractivity contribution in [3.8, 4) is 6.07 Å². The maximum atomic E-state index is 13.2. The predicted molar refractivity (Wildman–Crippen MR) is 79.7 cm³/mol. The Hall–Kier alpha value is -2.87. The quantitative estimate of drug-likeness (QED) is 0.904. The van der Waals surface area contributed by atoms with Crippen molar-refractivity contribution >= 4 is 17.3 Å². The van der Waals surface area contributed by atoms with Gasteiger partial charge < -0.3 is 10.6 Å². The number of nitrogens with one attached hydrogen (secondary N) is 2. The fourth-order valence-electron chi connectivity index (χ4n) is 1.84. The number of amides is 1. The van der Waals surface area contributed by atoms with Crippen LogP contribution in [0.3, 0.4) is 0 Å². The zero-order valence-electron chi connectivity index (χ0n) is 11.5. The third-order valence-corrected chi connectivity index (χ3v) is 2.87. The standard InChI is InChI=1S/C16H14FN3O/c1-2-19-13-5-3-11(4-6-13)16(21)20-14-7-8-15(17)12(9-14)10-18/h3-9,19H,2H2,1H3,(H,20,21). The van der Waals surface area contributed by atoms with E-state index in [-0.39, 0.29) is 11.5 Å². The summed E-state index contributed by atoms with van der Waals surface area (Å²) in [6.45, 7) is 2.79. The third-order valence-electron chi connectivity index (χ3n) is 2.87. The summed E-state index contributed by atoms with van der Waals surface area (Å²) >= 11 is 0. The van der Waals surface area contributed by atoms with Crippen molar-refractivity contribution in [2.24, 2.45) is 0 Å². The SMILES string of the molecule is CCNc1ccc(C(=O)Nc2ccc(F)c(C#N)c2)cc1. The Morgan fingerprint density at radius 2 is 1.86 bits per heavy atom. The largest absolute Gasteiger partial charge is 0.385 e. The molecule has 0 aliphatic rings. The summed E-state index contributed by atoms with van der Waals surface area (Å²) in [6, 6.07) is 12.6. The van der Waals surface area contributed by atoms with E-state index in [1.54, 1.807) is 18.2 Å². The van der Waals surface area contributed by atoms with E-state index in [1.165, 1.54) is 12.1 Å². The van der Waals surface area contributed by atoms with E-state index in [0.29, 0.717) is 11.3 Å². The van der Waals surface area contributed by atoms with Gasteiger partial charge in [-0.1, -0.05) is 0 Å². The molecule has 0 atom stereocenters. The van der Waals surface area contributed by atoms with Gasteiger partial charge in [-0.2, -0.15) is 5.26 Å². The van der Waals surface area contributed by atoms with E-state index in [9.17, 15) is 9.18 Å². The highest BCUT2D eigenvalue weighted by Gasteiger charge is 2.08. The number of carbonyl (C=O) groups excluding carboxylic acids is 1. The smallest absolute Gasteiger partial charge is 0.255 e. The molecule has 0 bridgehead atoms. The van der Waals surface area contributed by atoms with Gasteiger partial charge in [-0.15, -0.1) is 0 Å². The van der Waals surface area contributed by atoms with Crippen LogP contribution in [0.15, 0.2) is 42.5 Å². The fraction of sp³-hybridized carbons (Fsp3) is 0.125. The lowest BCUT2D eigenvalue weighted by atomic mass is 10.1. The lowest BCUT2D eigenvalue weighted by Gasteiger charge is -2.07. The molecule has 2 rings (SSSR count). The summed E-state index contributed by atoms with van der Waals surface area (Å²) < 4.78 is 13.2. The molecule has 0 aromatic heterocycles. The minimum atomic E-state index is -0.606. The third kappa shape index (κ3) is 3.57. The highest BCUT2D eigenvalue weighted by molar-refractivity contribution is 6.04. The molecule has 5 heteroatoms. The number of rotatable bonds is 4. The molecule has 2 aromatic carbocycles. The van der Waals surface area contributed by atoms with Crippen LogP contribution in [0.2, 0.25) is 0 Å². The van der Waals surface area contributed by atoms with E-state index < -0.39 is 5.82 Å². The van der Waals surface area contributed by atoms with Gasteiger partial charge in [-0.05, 0) is 49.4 Å². The Balaban J connectivity index is 2.12. The van der Waals surface area contributed by atoms with Gasteiger partial charge >= 0.3 is 0 Å². The number of carbonyl (C=O) groups is 1. The summed E-state index contributed by atoms with van der Waals surface area (Å²) in [5.41, 5.74) is 1.70. The summed E-state index contributed by atoms with van der Waals surface area (Å²) in [4.78, 5) is 12.1. The van der Waals surface area contributed by atoms with Gasteiger partial charge in [0.1, 0.15) is 11.9 Å². The van der Waals surface area contributed by atoms with Crippen molar-refractivity contribution in [2.75, 3.05) is 17.2 Å². The summed E-state index contributed by atoms with van der Waals surface area (Å²) in [5, 5.41) is 14.5. The van der Waals surface area contributed by atoms with Crippen molar-refractivity contribution in [1.29, 1.82) is 5.26 Å². The second-order valence-electron chi connectivity index (χ2n) is 4.37. The second-order valence-corrected chi connectivity index (χ2v) is 4.37. The van der Waals surface area contributed by atoms with E-state index >= 15 is 0 Å². The zero-order valence-corrected chi connectivity index (χ0v) is 11.5. The molecule has 106 valence electrons. The molecule has 4 nitrogen and oxygen atoms in total. The van der Waals surface area contributed by atoms with E-state index in [0.717, 1.165) is 18.3 Å². The van der Waals surface area contributed by atoms with Crippen LogP contribution in [0.1, 0.15) is 22.8 Å². The Kier molecular flexibility index (Phi) is 4.52. The van der Waals surface area contributed by atoms with Crippen LogP contribution < -0.4 is 10.6 Å². The van der Waals surface area contributed by atoms with Crippen LogP contribution in [-0.4, -0.2) is 12.5 Å². The first-order valence-corrected chi connectivity index (χ1v) is 6.49. The average Bonchev–Trinajstić information content (AvgIpc) is 2.50. The van der Waals surface area contributed by atoms with Gasteiger partial charge in [-0.3, -0.25) is 4.79 Å². The van der Waals surface area contributed by atoms with Gasteiger partial charge in [0.2, 0.25) is 0 Å². The molecule has 1 amide bonds. The maximum absolute atomic E-state index is 13.2. The van der Waals surface area contributed by atoms with Crippen molar-refractivity contribution in [3.63, 3.8) is 0 Å². The monoisotopic (exact) mass is 283 g/mol. The van der Waals surface area contributed by atoms with Crippen molar-refractivity contribution < 1.29 is 9.18 Å². The minimum absolute atomic E-state index is 0.102. The van der Waals surface area contributed by atoms with E-state index in [4.69, 9.17) is 5.26 Å². The number of hydrogen-bond acceptors (Lipinski definition) is 3. The number of halogens is 1. The molecule has 2 aromatic rings. The molecule has 0 radical (unpaired) electrons. The van der Waals surface area contributed by atoms with Gasteiger partial charge in [0.15, 0.2) is 0 Å². The van der Waals surface area contributed by atoms with Crippen LogP contribution in [0, 0.1) is 17.1 Å².